The Bertz CT molecular complexity index is 535. The maximum atomic E-state index is 12.2. The van der Waals surface area contributed by atoms with Crippen LogP contribution in [0.1, 0.15) is 44.1 Å². The number of aliphatic carboxylic acids is 1. The van der Waals surface area contributed by atoms with Gasteiger partial charge in [0.15, 0.2) is 0 Å². The van der Waals surface area contributed by atoms with Crippen LogP contribution < -0.4 is 10.1 Å². The van der Waals surface area contributed by atoms with Gasteiger partial charge in [-0.15, -0.1) is 0 Å². The van der Waals surface area contributed by atoms with Gasteiger partial charge < -0.3 is 15.2 Å². The monoisotopic (exact) mass is 305 g/mol. The molecular formula is C17H23NO4. The standard InChI is InChI=1S/C17H23NO4/c1-22-14-7-3-2-6-13(14)8-9-15(19)18-17(12-16(20)21)10-4-5-11-17/h2-3,6-7H,4-5,8-12H2,1H3,(H,18,19)(H,20,21). The Labute approximate surface area is 130 Å². The summed E-state index contributed by atoms with van der Waals surface area (Å²) in [6.45, 7) is 0. The van der Waals surface area contributed by atoms with Crippen LogP contribution >= 0.6 is 0 Å². The molecule has 1 aromatic rings. The van der Waals surface area contributed by atoms with Gasteiger partial charge in [0.05, 0.1) is 19.1 Å². The molecule has 0 aromatic heterocycles. The first-order valence-corrected chi connectivity index (χ1v) is 7.69. The average molecular weight is 305 g/mol. The first kappa shape index (κ1) is 16.3. The fourth-order valence-electron chi connectivity index (χ4n) is 3.20. The van der Waals surface area contributed by atoms with Gasteiger partial charge in [-0.05, 0) is 30.9 Å². The Morgan fingerprint density at radius 1 is 1.27 bits per heavy atom. The van der Waals surface area contributed by atoms with Crippen LogP contribution in [0.5, 0.6) is 5.75 Å². The van der Waals surface area contributed by atoms with Gasteiger partial charge in [-0.25, -0.2) is 0 Å². The van der Waals surface area contributed by atoms with E-state index in [0.29, 0.717) is 12.8 Å². The Balaban J connectivity index is 1.93. The molecule has 1 saturated carbocycles. The summed E-state index contributed by atoms with van der Waals surface area (Å²) in [5.74, 6) is -0.169. The molecule has 1 aromatic carbocycles. The number of carboxylic acid groups (broad SMARTS) is 1. The minimum Gasteiger partial charge on any atom is -0.496 e. The Morgan fingerprint density at radius 3 is 2.59 bits per heavy atom. The minimum absolute atomic E-state index is 0.00734. The lowest BCUT2D eigenvalue weighted by Crippen LogP contribution is -2.47. The number of para-hydroxylation sites is 1. The number of aryl methyl sites for hydroxylation is 1. The number of carboxylic acids is 1. The molecule has 1 aliphatic rings. The summed E-state index contributed by atoms with van der Waals surface area (Å²) in [7, 11) is 1.61. The van der Waals surface area contributed by atoms with Crippen molar-refractivity contribution in [2.45, 2.75) is 50.5 Å². The van der Waals surface area contributed by atoms with E-state index in [1.165, 1.54) is 0 Å². The largest absolute Gasteiger partial charge is 0.496 e. The number of carbonyl (C=O) groups is 2. The number of ether oxygens (including phenoxy) is 1. The topological polar surface area (TPSA) is 75.6 Å². The summed E-state index contributed by atoms with van der Waals surface area (Å²) < 4.78 is 5.27. The molecule has 0 bridgehead atoms. The van der Waals surface area contributed by atoms with Crippen LogP contribution in [-0.4, -0.2) is 29.6 Å². The van der Waals surface area contributed by atoms with Gasteiger partial charge in [-0.2, -0.15) is 0 Å². The van der Waals surface area contributed by atoms with Crippen molar-refractivity contribution < 1.29 is 19.4 Å². The van der Waals surface area contributed by atoms with Gasteiger partial charge in [0, 0.05) is 6.42 Å². The fourth-order valence-corrected chi connectivity index (χ4v) is 3.20. The van der Waals surface area contributed by atoms with Gasteiger partial charge in [0.1, 0.15) is 5.75 Å². The molecule has 0 aliphatic heterocycles. The number of carbonyl (C=O) groups excluding carboxylic acids is 1. The molecule has 0 spiro atoms. The zero-order valence-corrected chi connectivity index (χ0v) is 12.9. The quantitative estimate of drug-likeness (QED) is 0.811. The lowest BCUT2D eigenvalue weighted by Gasteiger charge is -2.28. The van der Waals surface area contributed by atoms with Crippen molar-refractivity contribution in [3.05, 3.63) is 29.8 Å². The molecule has 1 amide bonds. The number of benzene rings is 1. The zero-order valence-electron chi connectivity index (χ0n) is 12.9. The van der Waals surface area contributed by atoms with E-state index in [4.69, 9.17) is 9.84 Å². The van der Waals surface area contributed by atoms with E-state index in [9.17, 15) is 9.59 Å². The molecule has 0 radical (unpaired) electrons. The number of nitrogens with one attached hydrogen (secondary N) is 1. The second-order valence-electron chi connectivity index (χ2n) is 5.92. The predicted molar refractivity (Wildman–Crippen MR) is 82.9 cm³/mol. The molecule has 22 heavy (non-hydrogen) atoms. The molecule has 1 aliphatic carbocycles. The molecule has 0 atom stereocenters. The molecule has 0 heterocycles. The van der Waals surface area contributed by atoms with Crippen LogP contribution in [0.2, 0.25) is 0 Å². The molecule has 1 fully saturated rings. The van der Waals surface area contributed by atoms with Gasteiger partial charge in [0.25, 0.3) is 0 Å². The number of hydrogen-bond donors (Lipinski definition) is 2. The smallest absolute Gasteiger partial charge is 0.305 e. The SMILES string of the molecule is COc1ccccc1CCC(=O)NC1(CC(=O)O)CCCC1. The van der Waals surface area contributed by atoms with E-state index in [2.05, 4.69) is 5.32 Å². The van der Waals surface area contributed by atoms with Crippen molar-refractivity contribution in [3.8, 4) is 5.75 Å². The Kier molecular flexibility index (Phi) is 5.41. The number of amides is 1. The maximum absolute atomic E-state index is 12.2. The summed E-state index contributed by atoms with van der Waals surface area (Å²) in [4.78, 5) is 23.3. The van der Waals surface area contributed by atoms with Crippen LogP contribution in [0.3, 0.4) is 0 Å². The maximum Gasteiger partial charge on any atom is 0.305 e. The van der Waals surface area contributed by atoms with Crippen molar-refractivity contribution >= 4 is 11.9 Å². The first-order chi connectivity index (χ1) is 10.5. The van der Waals surface area contributed by atoms with Crippen molar-refractivity contribution in [2.24, 2.45) is 0 Å². The number of hydrogen-bond acceptors (Lipinski definition) is 3. The molecular weight excluding hydrogens is 282 g/mol. The van der Waals surface area contributed by atoms with Crippen molar-refractivity contribution in [2.75, 3.05) is 7.11 Å². The van der Waals surface area contributed by atoms with Crippen LogP contribution in [0, 0.1) is 0 Å². The highest BCUT2D eigenvalue weighted by Crippen LogP contribution is 2.32. The molecule has 5 nitrogen and oxygen atoms in total. The van der Waals surface area contributed by atoms with Gasteiger partial charge in [-0.1, -0.05) is 31.0 Å². The van der Waals surface area contributed by atoms with E-state index in [-0.39, 0.29) is 12.3 Å². The summed E-state index contributed by atoms with van der Waals surface area (Å²) >= 11 is 0. The Morgan fingerprint density at radius 2 is 1.95 bits per heavy atom. The van der Waals surface area contributed by atoms with Crippen LogP contribution in [0.15, 0.2) is 24.3 Å². The molecule has 5 heteroatoms. The third kappa shape index (κ3) is 4.23. The van der Waals surface area contributed by atoms with E-state index in [1.807, 2.05) is 24.3 Å². The highest BCUT2D eigenvalue weighted by molar-refractivity contribution is 5.78. The predicted octanol–water partition coefficient (Wildman–Crippen LogP) is 2.53. The van der Waals surface area contributed by atoms with Crippen molar-refractivity contribution in [3.63, 3.8) is 0 Å². The van der Waals surface area contributed by atoms with E-state index < -0.39 is 11.5 Å². The summed E-state index contributed by atoms with van der Waals surface area (Å²) in [6.07, 6.45) is 4.37. The van der Waals surface area contributed by atoms with Crippen LogP contribution in [-0.2, 0) is 16.0 Å². The number of methoxy groups -OCH3 is 1. The molecule has 2 N–H and O–H groups in total. The highest BCUT2D eigenvalue weighted by atomic mass is 16.5. The second kappa shape index (κ2) is 7.29. The summed E-state index contributed by atoms with van der Waals surface area (Å²) in [5.41, 5.74) is 0.433. The van der Waals surface area contributed by atoms with Gasteiger partial charge in [-0.3, -0.25) is 9.59 Å². The minimum atomic E-state index is -0.855. The summed E-state index contributed by atoms with van der Waals surface area (Å²) in [5, 5.41) is 12.0. The van der Waals surface area contributed by atoms with Crippen molar-refractivity contribution in [1.29, 1.82) is 0 Å². The van der Waals surface area contributed by atoms with Crippen LogP contribution in [0.25, 0.3) is 0 Å². The number of rotatable bonds is 7. The lowest BCUT2D eigenvalue weighted by molar-refractivity contribution is -0.139. The lowest BCUT2D eigenvalue weighted by atomic mass is 9.92. The first-order valence-electron chi connectivity index (χ1n) is 7.69. The third-order valence-corrected chi connectivity index (χ3v) is 4.27. The van der Waals surface area contributed by atoms with Gasteiger partial charge in [0.2, 0.25) is 5.91 Å². The summed E-state index contributed by atoms with van der Waals surface area (Å²) in [6, 6.07) is 7.62. The third-order valence-electron chi connectivity index (χ3n) is 4.27. The van der Waals surface area contributed by atoms with E-state index in [0.717, 1.165) is 37.0 Å². The molecule has 0 saturated heterocycles. The van der Waals surface area contributed by atoms with Crippen molar-refractivity contribution in [1.82, 2.24) is 5.32 Å². The zero-order chi connectivity index (χ0) is 16.0. The average Bonchev–Trinajstić information content (AvgIpc) is 2.92. The molecule has 0 unspecified atom stereocenters. The Hall–Kier alpha value is -2.04. The normalized spacial score (nSPS) is 16.2. The molecule has 2 rings (SSSR count). The highest BCUT2D eigenvalue weighted by Gasteiger charge is 2.37. The van der Waals surface area contributed by atoms with Crippen LogP contribution in [0.4, 0.5) is 0 Å². The molecule has 120 valence electrons. The van der Waals surface area contributed by atoms with E-state index >= 15 is 0 Å². The van der Waals surface area contributed by atoms with E-state index in [1.54, 1.807) is 7.11 Å². The fraction of sp³-hybridized carbons (Fsp3) is 0.529. The van der Waals surface area contributed by atoms with Gasteiger partial charge >= 0.3 is 5.97 Å². The second-order valence-corrected chi connectivity index (χ2v) is 5.92.